The summed E-state index contributed by atoms with van der Waals surface area (Å²) in [4.78, 5) is 25.5. The van der Waals surface area contributed by atoms with E-state index in [1.165, 1.54) is 6.08 Å². The maximum atomic E-state index is 11.5. The van der Waals surface area contributed by atoms with Crippen molar-refractivity contribution in [2.45, 2.75) is 20.8 Å². The van der Waals surface area contributed by atoms with E-state index in [1.54, 1.807) is 26.0 Å². The largest absolute Gasteiger partial charge is 0.463 e. The smallest absolute Gasteiger partial charge is 0.354 e. The van der Waals surface area contributed by atoms with E-state index in [9.17, 15) is 9.59 Å². The predicted octanol–water partition coefficient (Wildman–Crippen LogP) is 2.08. The number of aromatic amines is 1. The van der Waals surface area contributed by atoms with E-state index in [0.29, 0.717) is 24.6 Å². The summed E-state index contributed by atoms with van der Waals surface area (Å²) >= 11 is 0. The van der Waals surface area contributed by atoms with E-state index in [1.807, 2.05) is 6.92 Å². The molecule has 0 aliphatic rings. The third-order valence-electron chi connectivity index (χ3n) is 2.22. The van der Waals surface area contributed by atoms with Gasteiger partial charge in [-0.1, -0.05) is 0 Å². The maximum Gasteiger partial charge on any atom is 0.354 e. The summed E-state index contributed by atoms with van der Waals surface area (Å²) in [5, 5.41) is 0. The molecule has 1 aromatic rings. The molecule has 1 aromatic heterocycles. The molecular formula is C13H17NO4. The molecule has 1 N–H and O–H groups in total. The molecule has 5 nitrogen and oxygen atoms in total. The zero-order chi connectivity index (χ0) is 13.5. The van der Waals surface area contributed by atoms with Gasteiger partial charge in [-0.25, -0.2) is 9.59 Å². The van der Waals surface area contributed by atoms with Crippen LogP contribution in [-0.2, 0) is 14.3 Å². The molecule has 0 saturated carbocycles. The Kier molecular flexibility index (Phi) is 5.17. The number of H-pyrrole nitrogens is 1. The number of hydrogen-bond donors (Lipinski definition) is 1. The first-order valence-corrected chi connectivity index (χ1v) is 5.80. The molecule has 0 fully saturated rings. The molecule has 0 unspecified atom stereocenters. The molecule has 0 aromatic carbocycles. The highest BCUT2D eigenvalue weighted by Gasteiger charge is 2.11. The number of carbonyl (C=O) groups excluding carboxylic acids is 2. The minimum Gasteiger partial charge on any atom is -0.463 e. The lowest BCUT2D eigenvalue weighted by Gasteiger charge is -1.97. The van der Waals surface area contributed by atoms with Crippen LogP contribution < -0.4 is 0 Å². The van der Waals surface area contributed by atoms with Gasteiger partial charge < -0.3 is 14.5 Å². The van der Waals surface area contributed by atoms with Crippen LogP contribution in [0, 0.1) is 6.92 Å². The molecule has 0 aliphatic carbocycles. The predicted molar refractivity (Wildman–Crippen MR) is 67.2 cm³/mol. The van der Waals surface area contributed by atoms with Crippen molar-refractivity contribution in [2.75, 3.05) is 13.2 Å². The normalized spacial score (nSPS) is 10.6. The van der Waals surface area contributed by atoms with Crippen LogP contribution in [0.15, 0.2) is 12.1 Å². The lowest BCUT2D eigenvalue weighted by molar-refractivity contribution is -0.137. The SMILES string of the molecule is CCOC(=O)/C=C/c1[nH]c(C(=O)OCC)cc1C. The van der Waals surface area contributed by atoms with E-state index in [4.69, 9.17) is 9.47 Å². The lowest BCUT2D eigenvalue weighted by atomic mass is 10.2. The first-order valence-electron chi connectivity index (χ1n) is 5.80. The fourth-order valence-electron chi connectivity index (χ4n) is 1.41. The Morgan fingerprint density at radius 1 is 1.28 bits per heavy atom. The number of carbonyl (C=O) groups is 2. The Balaban J connectivity index is 2.79. The Labute approximate surface area is 106 Å². The molecule has 0 aliphatic heterocycles. The van der Waals surface area contributed by atoms with Crippen molar-refractivity contribution < 1.29 is 19.1 Å². The van der Waals surface area contributed by atoms with Gasteiger partial charge in [0.2, 0.25) is 0 Å². The number of aromatic nitrogens is 1. The zero-order valence-corrected chi connectivity index (χ0v) is 10.8. The minimum atomic E-state index is -0.413. The third-order valence-corrected chi connectivity index (χ3v) is 2.22. The van der Waals surface area contributed by atoms with Gasteiger partial charge in [-0.05, 0) is 38.5 Å². The Morgan fingerprint density at radius 3 is 2.56 bits per heavy atom. The van der Waals surface area contributed by atoms with Crippen molar-refractivity contribution in [2.24, 2.45) is 0 Å². The van der Waals surface area contributed by atoms with Crippen molar-refractivity contribution in [3.63, 3.8) is 0 Å². The summed E-state index contributed by atoms with van der Waals surface area (Å²) in [6.07, 6.45) is 2.90. The summed E-state index contributed by atoms with van der Waals surface area (Å²) in [5.41, 5.74) is 1.92. The van der Waals surface area contributed by atoms with Crippen molar-refractivity contribution in [1.82, 2.24) is 4.98 Å². The summed E-state index contributed by atoms with van der Waals surface area (Å²) in [6.45, 7) is 5.98. The van der Waals surface area contributed by atoms with Gasteiger partial charge in [-0.2, -0.15) is 0 Å². The van der Waals surface area contributed by atoms with Crippen molar-refractivity contribution in [3.05, 3.63) is 29.1 Å². The fourth-order valence-corrected chi connectivity index (χ4v) is 1.41. The molecule has 0 saturated heterocycles. The summed E-state index contributed by atoms with van der Waals surface area (Å²) < 4.78 is 9.64. The molecule has 0 amide bonds. The molecule has 0 spiro atoms. The van der Waals surface area contributed by atoms with E-state index in [0.717, 1.165) is 5.56 Å². The number of nitrogens with one attached hydrogen (secondary N) is 1. The first-order chi connectivity index (χ1) is 8.58. The number of aryl methyl sites for hydroxylation is 1. The van der Waals surface area contributed by atoms with Crippen LogP contribution in [0.3, 0.4) is 0 Å². The quantitative estimate of drug-likeness (QED) is 0.642. The first kappa shape index (κ1) is 14.0. The van der Waals surface area contributed by atoms with Gasteiger partial charge in [0.05, 0.1) is 13.2 Å². The van der Waals surface area contributed by atoms with Crippen LogP contribution in [0.4, 0.5) is 0 Å². The summed E-state index contributed by atoms with van der Waals surface area (Å²) in [7, 11) is 0. The second-order valence-corrected chi connectivity index (χ2v) is 3.59. The highest BCUT2D eigenvalue weighted by Crippen LogP contribution is 2.12. The van der Waals surface area contributed by atoms with Crippen molar-refractivity contribution in [1.29, 1.82) is 0 Å². The monoisotopic (exact) mass is 251 g/mol. The average Bonchev–Trinajstić information content (AvgIpc) is 2.69. The van der Waals surface area contributed by atoms with Gasteiger partial charge in [-0.3, -0.25) is 0 Å². The third kappa shape index (κ3) is 3.76. The Morgan fingerprint density at radius 2 is 1.94 bits per heavy atom. The van der Waals surface area contributed by atoms with E-state index in [-0.39, 0.29) is 0 Å². The number of ether oxygens (including phenoxy) is 2. The van der Waals surface area contributed by atoms with Crippen LogP contribution in [0.25, 0.3) is 6.08 Å². The van der Waals surface area contributed by atoms with Gasteiger partial charge in [0.15, 0.2) is 0 Å². The molecule has 5 heteroatoms. The Hall–Kier alpha value is -2.04. The molecule has 98 valence electrons. The second kappa shape index (κ2) is 6.64. The Bertz CT molecular complexity index is 460. The molecule has 1 heterocycles. The highest BCUT2D eigenvalue weighted by molar-refractivity contribution is 5.90. The molecular weight excluding hydrogens is 234 g/mol. The van der Waals surface area contributed by atoms with E-state index < -0.39 is 11.9 Å². The van der Waals surface area contributed by atoms with Crippen LogP contribution >= 0.6 is 0 Å². The molecule has 0 bridgehead atoms. The topological polar surface area (TPSA) is 68.4 Å². The van der Waals surface area contributed by atoms with Crippen molar-refractivity contribution >= 4 is 18.0 Å². The molecule has 0 atom stereocenters. The minimum absolute atomic E-state index is 0.324. The van der Waals surface area contributed by atoms with Gasteiger partial charge in [-0.15, -0.1) is 0 Å². The lowest BCUT2D eigenvalue weighted by Crippen LogP contribution is -2.04. The van der Waals surface area contributed by atoms with E-state index in [2.05, 4.69) is 4.98 Å². The molecule has 18 heavy (non-hydrogen) atoms. The summed E-state index contributed by atoms with van der Waals surface area (Å²) in [5.74, 6) is -0.819. The zero-order valence-electron chi connectivity index (χ0n) is 10.8. The number of esters is 2. The summed E-state index contributed by atoms with van der Waals surface area (Å²) in [6, 6.07) is 1.68. The average molecular weight is 251 g/mol. The van der Waals surface area contributed by atoms with Crippen molar-refractivity contribution in [3.8, 4) is 0 Å². The van der Waals surface area contributed by atoms with Crippen LogP contribution in [0.5, 0.6) is 0 Å². The van der Waals surface area contributed by atoms with Crippen LogP contribution in [-0.4, -0.2) is 30.1 Å². The van der Waals surface area contributed by atoms with Crippen LogP contribution in [0.1, 0.15) is 35.6 Å². The number of rotatable bonds is 5. The maximum absolute atomic E-state index is 11.5. The second-order valence-electron chi connectivity index (χ2n) is 3.59. The molecule has 0 radical (unpaired) electrons. The fraction of sp³-hybridized carbons (Fsp3) is 0.385. The van der Waals surface area contributed by atoms with Gasteiger partial charge in [0.1, 0.15) is 5.69 Å². The standard InChI is InChI=1S/C13H17NO4/c1-4-17-12(15)7-6-10-9(3)8-11(14-10)13(16)18-5-2/h6-8,14H,4-5H2,1-3H3/b7-6+. The van der Waals surface area contributed by atoms with Gasteiger partial charge in [0, 0.05) is 11.8 Å². The highest BCUT2D eigenvalue weighted by atomic mass is 16.5. The van der Waals surface area contributed by atoms with Gasteiger partial charge >= 0.3 is 11.9 Å². The number of hydrogen-bond acceptors (Lipinski definition) is 4. The van der Waals surface area contributed by atoms with E-state index >= 15 is 0 Å². The van der Waals surface area contributed by atoms with Crippen LogP contribution in [0.2, 0.25) is 0 Å². The van der Waals surface area contributed by atoms with Gasteiger partial charge in [0.25, 0.3) is 0 Å². The molecule has 1 rings (SSSR count).